The van der Waals surface area contributed by atoms with Crippen LogP contribution >= 0.6 is 22.9 Å². The molecule has 0 fully saturated rings. The third-order valence-electron chi connectivity index (χ3n) is 2.79. The Morgan fingerprint density at radius 1 is 1.19 bits per heavy atom. The van der Waals surface area contributed by atoms with E-state index in [1.807, 2.05) is 18.7 Å². The average Bonchev–Trinajstić information content (AvgIpc) is 2.89. The van der Waals surface area contributed by atoms with Crippen LogP contribution < -0.4 is 9.62 Å². The number of hydrogen-bond acceptors (Lipinski definition) is 6. The Hall–Kier alpha value is -1.38. The van der Waals surface area contributed by atoms with Crippen LogP contribution in [0.1, 0.15) is 13.8 Å². The van der Waals surface area contributed by atoms with Crippen molar-refractivity contribution in [3.05, 3.63) is 28.6 Å². The maximum Gasteiger partial charge on any atom is 0.272 e. The molecule has 0 atom stereocenters. The van der Waals surface area contributed by atoms with E-state index in [9.17, 15) is 8.42 Å². The van der Waals surface area contributed by atoms with Crippen molar-refractivity contribution in [2.45, 2.75) is 18.1 Å². The van der Waals surface area contributed by atoms with Gasteiger partial charge in [-0.05, 0) is 38.1 Å². The Balaban J connectivity index is 2.17. The van der Waals surface area contributed by atoms with Crippen molar-refractivity contribution in [1.82, 2.24) is 10.2 Å². The molecular formula is C12H15ClN4O2S2. The monoisotopic (exact) mass is 346 g/mol. The molecule has 0 aliphatic carbocycles. The van der Waals surface area contributed by atoms with Crippen molar-refractivity contribution < 1.29 is 8.42 Å². The van der Waals surface area contributed by atoms with Gasteiger partial charge in [-0.25, -0.2) is 8.42 Å². The standard InChI is InChI=1S/C12H15ClN4O2S2/c1-3-17(4-2)11-7-6-10(14-15-11)16-21(18,19)12-8-5-9(13)20-12/h5-8H,3-4H2,1-2H3,(H,14,16). The van der Waals surface area contributed by atoms with Crippen LogP contribution in [0.4, 0.5) is 11.6 Å². The summed E-state index contributed by atoms with van der Waals surface area (Å²) in [7, 11) is -3.67. The summed E-state index contributed by atoms with van der Waals surface area (Å²) in [6, 6.07) is 6.32. The highest BCUT2D eigenvalue weighted by Gasteiger charge is 2.17. The number of sulfonamides is 1. The lowest BCUT2D eigenvalue weighted by Crippen LogP contribution is -2.23. The van der Waals surface area contributed by atoms with Crippen molar-refractivity contribution in [2.24, 2.45) is 0 Å². The number of halogens is 1. The van der Waals surface area contributed by atoms with E-state index < -0.39 is 10.0 Å². The van der Waals surface area contributed by atoms with E-state index in [4.69, 9.17) is 11.6 Å². The molecule has 0 aromatic carbocycles. The van der Waals surface area contributed by atoms with Crippen LogP contribution in [0.25, 0.3) is 0 Å². The van der Waals surface area contributed by atoms with Gasteiger partial charge in [0.25, 0.3) is 10.0 Å². The lowest BCUT2D eigenvalue weighted by Gasteiger charge is -2.18. The molecule has 0 aliphatic heterocycles. The normalized spacial score (nSPS) is 11.4. The molecule has 0 amide bonds. The van der Waals surface area contributed by atoms with Gasteiger partial charge in [0.2, 0.25) is 0 Å². The van der Waals surface area contributed by atoms with Gasteiger partial charge >= 0.3 is 0 Å². The molecule has 0 spiro atoms. The third-order valence-corrected chi connectivity index (χ3v) is 5.87. The van der Waals surface area contributed by atoms with E-state index in [1.165, 1.54) is 12.1 Å². The lowest BCUT2D eigenvalue weighted by molar-refractivity contribution is 0.603. The zero-order valence-corrected chi connectivity index (χ0v) is 14.0. The van der Waals surface area contributed by atoms with Gasteiger partial charge in [-0.2, -0.15) is 0 Å². The van der Waals surface area contributed by atoms with Crippen molar-refractivity contribution in [2.75, 3.05) is 22.7 Å². The fourth-order valence-corrected chi connectivity index (χ4v) is 4.21. The Kier molecular flexibility index (Phi) is 5.02. The smallest absolute Gasteiger partial charge is 0.272 e. The van der Waals surface area contributed by atoms with E-state index >= 15 is 0 Å². The Labute approximate surface area is 132 Å². The molecule has 2 rings (SSSR count). The SMILES string of the molecule is CCN(CC)c1ccc(NS(=O)(=O)c2ccc(Cl)s2)nn1. The first kappa shape index (κ1) is 16.0. The molecule has 0 unspecified atom stereocenters. The number of nitrogens with one attached hydrogen (secondary N) is 1. The summed E-state index contributed by atoms with van der Waals surface area (Å²) in [5.41, 5.74) is 0. The van der Waals surface area contributed by atoms with E-state index in [-0.39, 0.29) is 10.0 Å². The number of rotatable bonds is 6. The van der Waals surface area contributed by atoms with E-state index in [2.05, 4.69) is 14.9 Å². The van der Waals surface area contributed by atoms with Crippen LogP contribution in [-0.4, -0.2) is 31.7 Å². The Bertz CT molecular complexity index is 696. The highest BCUT2D eigenvalue weighted by molar-refractivity contribution is 7.94. The van der Waals surface area contributed by atoms with Gasteiger partial charge in [0, 0.05) is 13.1 Å². The Morgan fingerprint density at radius 3 is 2.38 bits per heavy atom. The van der Waals surface area contributed by atoms with Gasteiger partial charge in [-0.1, -0.05) is 11.6 Å². The predicted molar refractivity (Wildman–Crippen MR) is 85.7 cm³/mol. The van der Waals surface area contributed by atoms with Crippen molar-refractivity contribution in [3.63, 3.8) is 0 Å². The minimum absolute atomic E-state index is 0.141. The summed E-state index contributed by atoms with van der Waals surface area (Å²) in [5, 5.41) is 7.93. The van der Waals surface area contributed by atoms with E-state index in [0.717, 1.165) is 24.4 Å². The minimum atomic E-state index is -3.67. The molecule has 2 aromatic heterocycles. The first-order valence-corrected chi connectivity index (χ1v) is 9.01. The second-order valence-corrected chi connectivity index (χ2v) is 7.74. The predicted octanol–water partition coefficient (Wildman–Crippen LogP) is 2.84. The maximum absolute atomic E-state index is 12.1. The van der Waals surface area contributed by atoms with Crippen LogP contribution in [0.2, 0.25) is 4.34 Å². The molecule has 1 N–H and O–H groups in total. The topological polar surface area (TPSA) is 75.2 Å². The van der Waals surface area contributed by atoms with Gasteiger partial charge in [-0.15, -0.1) is 21.5 Å². The fourth-order valence-electron chi connectivity index (χ4n) is 1.73. The van der Waals surface area contributed by atoms with Gasteiger partial charge < -0.3 is 4.90 Å². The number of aromatic nitrogens is 2. The van der Waals surface area contributed by atoms with Crippen LogP contribution in [0.15, 0.2) is 28.5 Å². The molecule has 0 saturated heterocycles. The summed E-state index contributed by atoms with van der Waals surface area (Å²) in [6.45, 7) is 5.65. The van der Waals surface area contributed by atoms with Crippen LogP contribution in [0.3, 0.4) is 0 Å². The third kappa shape index (κ3) is 3.84. The second kappa shape index (κ2) is 6.59. The van der Waals surface area contributed by atoms with Crippen molar-refractivity contribution in [3.8, 4) is 0 Å². The van der Waals surface area contributed by atoms with Crippen molar-refractivity contribution >= 4 is 44.6 Å². The van der Waals surface area contributed by atoms with Crippen LogP contribution in [0, 0.1) is 0 Å². The highest BCUT2D eigenvalue weighted by atomic mass is 35.5. The lowest BCUT2D eigenvalue weighted by atomic mass is 10.4. The van der Waals surface area contributed by atoms with Crippen LogP contribution in [-0.2, 0) is 10.0 Å². The summed E-state index contributed by atoms with van der Waals surface area (Å²) in [5.74, 6) is 0.887. The summed E-state index contributed by atoms with van der Waals surface area (Å²) < 4.78 is 27.2. The zero-order valence-electron chi connectivity index (χ0n) is 11.6. The van der Waals surface area contributed by atoms with Gasteiger partial charge in [-0.3, -0.25) is 4.72 Å². The van der Waals surface area contributed by atoms with E-state index in [0.29, 0.717) is 10.2 Å². The van der Waals surface area contributed by atoms with E-state index in [1.54, 1.807) is 12.1 Å². The first-order chi connectivity index (χ1) is 9.96. The molecule has 9 heteroatoms. The average molecular weight is 347 g/mol. The maximum atomic E-state index is 12.1. The first-order valence-electron chi connectivity index (χ1n) is 6.33. The van der Waals surface area contributed by atoms with Crippen molar-refractivity contribution in [1.29, 1.82) is 0 Å². The van der Waals surface area contributed by atoms with Gasteiger partial charge in [0.15, 0.2) is 11.6 Å². The molecule has 0 aliphatic rings. The second-order valence-electron chi connectivity index (χ2n) is 4.11. The largest absolute Gasteiger partial charge is 0.356 e. The summed E-state index contributed by atoms with van der Waals surface area (Å²) in [4.78, 5) is 2.02. The van der Waals surface area contributed by atoms with Gasteiger partial charge in [0.1, 0.15) is 4.21 Å². The molecular weight excluding hydrogens is 332 g/mol. The molecule has 0 saturated carbocycles. The molecule has 0 radical (unpaired) electrons. The van der Waals surface area contributed by atoms with Crippen LogP contribution in [0.5, 0.6) is 0 Å². The number of nitrogens with zero attached hydrogens (tertiary/aromatic N) is 3. The number of anilines is 2. The van der Waals surface area contributed by atoms with Gasteiger partial charge in [0.05, 0.1) is 4.34 Å². The summed E-state index contributed by atoms with van der Waals surface area (Å²) in [6.07, 6.45) is 0. The zero-order chi connectivity index (χ0) is 15.5. The molecule has 2 heterocycles. The summed E-state index contributed by atoms with van der Waals surface area (Å²) >= 11 is 6.74. The molecule has 2 aromatic rings. The fraction of sp³-hybridized carbons (Fsp3) is 0.333. The highest BCUT2D eigenvalue weighted by Crippen LogP contribution is 2.26. The number of thiophene rings is 1. The molecule has 0 bridgehead atoms. The minimum Gasteiger partial charge on any atom is -0.356 e. The quantitative estimate of drug-likeness (QED) is 0.870. The Morgan fingerprint density at radius 2 is 1.90 bits per heavy atom. The molecule has 21 heavy (non-hydrogen) atoms. The number of hydrogen-bond donors (Lipinski definition) is 1. The molecule has 6 nitrogen and oxygen atoms in total. The molecule has 114 valence electrons.